The number of carbonyl (C=O) groups excluding carboxylic acids is 1. The molecule has 3 aromatic carbocycles. The van der Waals surface area contributed by atoms with Gasteiger partial charge in [0.1, 0.15) is 11.6 Å². The molecule has 1 unspecified atom stereocenters. The first-order valence-corrected chi connectivity index (χ1v) is 12.7. The maximum atomic E-state index is 13.8. The first-order chi connectivity index (χ1) is 18.5. The zero-order chi connectivity index (χ0) is 26.2. The second-order valence-electron chi connectivity index (χ2n) is 9.31. The average Bonchev–Trinajstić information content (AvgIpc) is 3.50. The van der Waals surface area contributed by atoms with Gasteiger partial charge in [0.2, 0.25) is 0 Å². The van der Waals surface area contributed by atoms with Gasteiger partial charge in [-0.1, -0.05) is 54.1 Å². The Kier molecular flexibility index (Phi) is 6.21. The van der Waals surface area contributed by atoms with Crippen LogP contribution in [-0.2, 0) is 13.1 Å². The van der Waals surface area contributed by atoms with Crippen molar-refractivity contribution in [3.8, 4) is 11.5 Å². The zero-order valence-corrected chi connectivity index (χ0v) is 21.4. The summed E-state index contributed by atoms with van der Waals surface area (Å²) in [4.78, 5) is 15.7. The topological polar surface area (TPSA) is 55.1 Å². The standard InChI is InChI=1S/C30H25ClFN5O/c1-20-26-19-36(30(38)33-18-21-9-15-24(32)16-10-21)28(22-11-13-23(31)14-12-22)27-8-5-17-35(27)29(26)37(34-20)25-6-3-2-4-7-25/h2-17,28H,18-19H2,1H3,(H,33,38). The van der Waals surface area contributed by atoms with Crippen molar-refractivity contribution < 1.29 is 9.18 Å². The van der Waals surface area contributed by atoms with E-state index in [0.717, 1.165) is 39.6 Å². The van der Waals surface area contributed by atoms with Gasteiger partial charge in [-0.25, -0.2) is 13.9 Å². The van der Waals surface area contributed by atoms with Crippen LogP contribution in [0.4, 0.5) is 9.18 Å². The molecule has 1 aliphatic heterocycles. The number of amides is 2. The van der Waals surface area contributed by atoms with E-state index in [1.54, 1.807) is 12.1 Å². The monoisotopic (exact) mass is 525 g/mol. The molecule has 1 aliphatic rings. The maximum Gasteiger partial charge on any atom is 0.318 e. The summed E-state index contributed by atoms with van der Waals surface area (Å²) in [6, 6.07) is 27.1. The quantitative estimate of drug-likeness (QED) is 0.288. The van der Waals surface area contributed by atoms with Crippen LogP contribution in [-0.4, -0.2) is 25.3 Å². The number of aromatic nitrogens is 3. The number of benzene rings is 3. The van der Waals surface area contributed by atoms with Crippen molar-refractivity contribution in [2.45, 2.75) is 26.1 Å². The number of hydrogen-bond donors (Lipinski definition) is 1. The Bertz CT molecular complexity index is 1590. The fraction of sp³-hybridized carbons (Fsp3) is 0.133. The number of aryl methyl sites for hydroxylation is 1. The Morgan fingerprint density at radius 1 is 1.00 bits per heavy atom. The summed E-state index contributed by atoms with van der Waals surface area (Å²) in [6.45, 7) is 2.59. The van der Waals surface area contributed by atoms with Crippen molar-refractivity contribution in [1.29, 1.82) is 0 Å². The summed E-state index contributed by atoms with van der Waals surface area (Å²) in [5.41, 5.74) is 5.42. The van der Waals surface area contributed by atoms with E-state index in [2.05, 4.69) is 9.88 Å². The highest BCUT2D eigenvalue weighted by Gasteiger charge is 2.35. The smallest absolute Gasteiger partial charge is 0.318 e. The van der Waals surface area contributed by atoms with Gasteiger partial charge in [-0.05, 0) is 66.6 Å². The van der Waals surface area contributed by atoms with Gasteiger partial charge in [0, 0.05) is 23.3 Å². The minimum atomic E-state index is -0.383. The molecule has 3 heterocycles. The van der Waals surface area contributed by atoms with E-state index >= 15 is 0 Å². The lowest BCUT2D eigenvalue weighted by Gasteiger charge is -2.31. The molecule has 190 valence electrons. The average molecular weight is 526 g/mol. The van der Waals surface area contributed by atoms with Crippen molar-refractivity contribution in [3.63, 3.8) is 0 Å². The molecule has 2 aromatic heterocycles. The zero-order valence-electron chi connectivity index (χ0n) is 20.7. The Morgan fingerprint density at radius 2 is 1.74 bits per heavy atom. The third kappa shape index (κ3) is 4.35. The number of urea groups is 1. The largest absolute Gasteiger partial charge is 0.334 e. The number of hydrogen-bond acceptors (Lipinski definition) is 2. The second kappa shape index (κ2) is 9.84. The van der Waals surface area contributed by atoms with Gasteiger partial charge in [-0.15, -0.1) is 0 Å². The van der Waals surface area contributed by atoms with Crippen LogP contribution in [0.1, 0.15) is 34.1 Å². The summed E-state index contributed by atoms with van der Waals surface area (Å²) in [5.74, 6) is 0.594. The molecule has 0 fully saturated rings. The van der Waals surface area contributed by atoms with E-state index in [1.807, 2.05) is 89.4 Å². The van der Waals surface area contributed by atoms with Gasteiger partial charge >= 0.3 is 6.03 Å². The van der Waals surface area contributed by atoms with Crippen LogP contribution in [0.25, 0.3) is 11.5 Å². The number of fused-ring (bicyclic) bond motifs is 3. The number of halogens is 2. The number of nitrogens with one attached hydrogen (secondary N) is 1. The van der Waals surface area contributed by atoms with Crippen LogP contribution >= 0.6 is 11.6 Å². The highest BCUT2D eigenvalue weighted by molar-refractivity contribution is 6.30. The third-order valence-electron chi connectivity index (χ3n) is 6.89. The van der Waals surface area contributed by atoms with E-state index in [-0.39, 0.29) is 24.4 Å². The summed E-state index contributed by atoms with van der Waals surface area (Å²) in [7, 11) is 0. The minimum absolute atomic E-state index is 0.235. The molecule has 0 radical (unpaired) electrons. The predicted molar refractivity (Wildman–Crippen MR) is 145 cm³/mol. The van der Waals surface area contributed by atoms with Crippen LogP contribution < -0.4 is 5.32 Å². The first-order valence-electron chi connectivity index (χ1n) is 12.4. The Hall–Kier alpha value is -4.36. The fourth-order valence-electron chi connectivity index (χ4n) is 5.03. The maximum absolute atomic E-state index is 13.8. The van der Waals surface area contributed by atoms with Gasteiger partial charge in [0.25, 0.3) is 0 Å². The Labute approximate surface area is 224 Å². The predicted octanol–water partition coefficient (Wildman–Crippen LogP) is 6.58. The first kappa shape index (κ1) is 24.0. The van der Waals surface area contributed by atoms with Crippen molar-refractivity contribution >= 4 is 17.6 Å². The van der Waals surface area contributed by atoms with E-state index in [1.165, 1.54) is 12.1 Å². The molecule has 6 rings (SSSR count). The molecule has 5 aromatic rings. The van der Waals surface area contributed by atoms with Gasteiger partial charge in [-0.3, -0.25) is 0 Å². The highest BCUT2D eigenvalue weighted by Crippen LogP contribution is 2.38. The molecule has 0 saturated carbocycles. The molecule has 1 atom stereocenters. The Morgan fingerprint density at radius 3 is 2.47 bits per heavy atom. The molecule has 0 saturated heterocycles. The summed E-state index contributed by atoms with van der Waals surface area (Å²) < 4.78 is 17.4. The van der Waals surface area contributed by atoms with E-state index in [4.69, 9.17) is 16.7 Å². The number of carbonyl (C=O) groups is 1. The molecule has 8 heteroatoms. The Balaban J connectivity index is 1.47. The normalized spacial score (nSPS) is 14.5. The molecule has 0 bridgehead atoms. The third-order valence-corrected chi connectivity index (χ3v) is 7.14. The lowest BCUT2D eigenvalue weighted by atomic mass is 10.0. The summed E-state index contributed by atoms with van der Waals surface area (Å²) >= 11 is 6.22. The van der Waals surface area contributed by atoms with Crippen LogP contribution in [0.15, 0.2) is 97.2 Å². The molecule has 38 heavy (non-hydrogen) atoms. The van der Waals surface area contributed by atoms with Crippen molar-refractivity contribution in [3.05, 3.63) is 136 Å². The SMILES string of the molecule is Cc1nn(-c2ccccc2)c2c1CN(C(=O)NCc1ccc(F)cc1)C(c1ccc(Cl)cc1)c1cccn1-2. The van der Waals surface area contributed by atoms with Crippen molar-refractivity contribution in [1.82, 2.24) is 24.6 Å². The fourth-order valence-corrected chi connectivity index (χ4v) is 5.15. The molecular weight excluding hydrogens is 501 g/mol. The van der Waals surface area contributed by atoms with Gasteiger partial charge < -0.3 is 14.8 Å². The molecule has 2 amide bonds. The van der Waals surface area contributed by atoms with Crippen LogP contribution in [0.3, 0.4) is 0 Å². The van der Waals surface area contributed by atoms with E-state index in [0.29, 0.717) is 11.6 Å². The number of para-hydroxylation sites is 1. The highest BCUT2D eigenvalue weighted by atomic mass is 35.5. The molecule has 0 spiro atoms. The molecule has 6 nitrogen and oxygen atoms in total. The number of nitrogens with zero attached hydrogens (tertiary/aromatic N) is 4. The molecular formula is C30H25ClFN5O. The number of rotatable bonds is 4. The van der Waals surface area contributed by atoms with Crippen molar-refractivity contribution in [2.75, 3.05) is 0 Å². The second-order valence-corrected chi connectivity index (χ2v) is 9.74. The van der Waals surface area contributed by atoms with Gasteiger partial charge in [-0.2, -0.15) is 5.10 Å². The summed E-state index contributed by atoms with van der Waals surface area (Å²) in [5, 5.41) is 8.54. The lowest BCUT2D eigenvalue weighted by molar-refractivity contribution is 0.180. The summed E-state index contributed by atoms with van der Waals surface area (Å²) in [6.07, 6.45) is 2.01. The lowest BCUT2D eigenvalue weighted by Crippen LogP contribution is -2.41. The molecule has 1 N–H and O–H groups in total. The van der Waals surface area contributed by atoms with Crippen LogP contribution in [0.5, 0.6) is 0 Å². The van der Waals surface area contributed by atoms with E-state index < -0.39 is 0 Å². The minimum Gasteiger partial charge on any atom is -0.334 e. The van der Waals surface area contributed by atoms with Crippen LogP contribution in [0, 0.1) is 12.7 Å². The van der Waals surface area contributed by atoms with Gasteiger partial charge in [0.05, 0.1) is 29.7 Å². The van der Waals surface area contributed by atoms with Gasteiger partial charge in [0.15, 0.2) is 0 Å². The van der Waals surface area contributed by atoms with Crippen LogP contribution in [0.2, 0.25) is 5.02 Å². The van der Waals surface area contributed by atoms with Crippen molar-refractivity contribution in [2.24, 2.45) is 0 Å². The van der Waals surface area contributed by atoms with E-state index in [9.17, 15) is 9.18 Å². The molecule has 0 aliphatic carbocycles.